The highest BCUT2D eigenvalue weighted by atomic mass is 32.2. The van der Waals surface area contributed by atoms with E-state index in [2.05, 4.69) is 25.2 Å². The summed E-state index contributed by atoms with van der Waals surface area (Å²) in [6.07, 6.45) is 4.81. The van der Waals surface area contributed by atoms with Crippen LogP contribution in [0.5, 0.6) is 0 Å². The van der Waals surface area contributed by atoms with E-state index in [0.29, 0.717) is 11.7 Å². The Morgan fingerprint density at radius 3 is 2.67 bits per heavy atom. The second-order valence-electron chi connectivity index (χ2n) is 3.30. The fourth-order valence-corrected chi connectivity index (χ4v) is 1.55. The smallest absolute Gasteiger partial charge is 0.133 e. The number of nitrogens with zero attached hydrogens (tertiary/aromatic N) is 1. The Morgan fingerprint density at radius 1 is 1.50 bits per heavy atom. The van der Waals surface area contributed by atoms with E-state index in [1.54, 1.807) is 6.21 Å². The van der Waals surface area contributed by atoms with Crippen LogP contribution in [0.4, 0.5) is 0 Å². The molecule has 2 nitrogen and oxygen atoms in total. The molecule has 0 spiro atoms. The molecule has 0 saturated heterocycles. The average Bonchev–Trinajstić information content (AvgIpc) is 2.00. The zero-order valence-corrected chi connectivity index (χ0v) is 9.06. The molecule has 72 valence electrons. The van der Waals surface area contributed by atoms with Crippen molar-refractivity contribution in [2.75, 3.05) is 5.75 Å². The molecule has 0 aliphatic rings. The van der Waals surface area contributed by atoms with Gasteiger partial charge in [0.25, 0.3) is 0 Å². The summed E-state index contributed by atoms with van der Waals surface area (Å²) in [5, 5.41) is 0. The summed E-state index contributed by atoms with van der Waals surface area (Å²) in [4.78, 5) is 0. The lowest BCUT2D eigenvalue weighted by Crippen LogP contribution is -2.02. The summed E-state index contributed by atoms with van der Waals surface area (Å²) in [6, 6.07) is 0. The first-order valence-corrected chi connectivity index (χ1v) is 5.85. The summed E-state index contributed by atoms with van der Waals surface area (Å²) < 4.78 is 15.0. The van der Waals surface area contributed by atoms with E-state index < -0.39 is 11.4 Å². The summed E-state index contributed by atoms with van der Waals surface area (Å²) in [5.41, 5.74) is 0. The molecule has 0 rings (SSSR count). The zero-order valence-electron chi connectivity index (χ0n) is 8.25. The van der Waals surface area contributed by atoms with Crippen molar-refractivity contribution in [1.82, 2.24) is 0 Å². The van der Waals surface area contributed by atoms with E-state index in [1.807, 2.05) is 0 Å². The second kappa shape index (κ2) is 7.62. The van der Waals surface area contributed by atoms with Crippen molar-refractivity contribution in [1.29, 1.82) is 0 Å². The van der Waals surface area contributed by atoms with Crippen LogP contribution in [0.1, 0.15) is 40.0 Å². The molecule has 0 saturated carbocycles. The van der Waals surface area contributed by atoms with Crippen LogP contribution in [0.25, 0.3) is 0 Å². The van der Waals surface area contributed by atoms with E-state index in [4.69, 9.17) is 0 Å². The van der Waals surface area contributed by atoms with Gasteiger partial charge in [0.1, 0.15) is 5.75 Å². The van der Waals surface area contributed by atoms with E-state index in [9.17, 15) is 4.55 Å². The minimum Gasteiger partial charge on any atom is -0.591 e. The molecule has 12 heavy (non-hydrogen) atoms. The van der Waals surface area contributed by atoms with Crippen molar-refractivity contribution in [2.45, 2.75) is 40.0 Å². The van der Waals surface area contributed by atoms with E-state index in [1.165, 1.54) is 0 Å². The highest BCUT2D eigenvalue weighted by Crippen LogP contribution is 2.00. The molecule has 0 aliphatic carbocycles. The maximum Gasteiger partial charge on any atom is 0.133 e. The molecule has 0 fully saturated rings. The molecule has 0 unspecified atom stereocenters. The SMILES string of the molecule is CCCC[S@@+]([O-])/N=C/CC(C)C. The van der Waals surface area contributed by atoms with Gasteiger partial charge >= 0.3 is 0 Å². The Kier molecular flexibility index (Phi) is 7.61. The van der Waals surface area contributed by atoms with Crippen LogP contribution in [-0.4, -0.2) is 16.5 Å². The van der Waals surface area contributed by atoms with E-state index in [0.717, 1.165) is 19.3 Å². The fourth-order valence-electron chi connectivity index (χ4n) is 0.658. The normalized spacial score (nSPS) is 14.4. The highest BCUT2D eigenvalue weighted by molar-refractivity contribution is 7.90. The predicted molar refractivity (Wildman–Crippen MR) is 55.9 cm³/mol. The predicted octanol–water partition coefficient (Wildman–Crippen LogP) is 2.57. The third-order valence-corrected chi connectivity index (χ3v) is 2.46. The first kappa shape index (κ1) is 12.0. The average molecular weight is 189 g/mol. The topological polar surface area (TPSA) is 35.4 Å². The quantitative estimate of drug-likeness (QED) is 0.467. The summed E-state index contributed by atoms with van der Waals surface area (Å²) in [6.45, 7) is 6.34. The highest BCUT2D eigenvalue weighted by Gasteiger charge is 2.00. The first-order chi connectivity index (χ1) is 5.66. The number of rotatable bonds is 6. The summed E-state index contributed by atoms with van der Waals surface area (Å²) >= 11 is -0.967. The Balaban J connectivity index is 3.39. The minimum absolute atomic E-state index is 0.608. The lowest BCUT2D eigenvalue weighted by atomic mass is 10.2. The standard InChI is InChI=1S/C9H19NOS/c1-4-5-8-12(11)10-7-6-9(2)3/h7,9H,4-6,8H2,1-3H3/b10-7+/t12-/m1/s1. The van der Waals surface area contributed by atoms with Crippen molar-refractivity contribution in [3.63, 3.8) is 0 Å². The largest absolute Gasteiger partial charge is 0.591 e. The van der Waals surface area contributed by atoms with Gasteiger partial charge in [-0.3, -0.25) is 0 Å². The maximum atomic E-state index is 11.1. The van der Waals surface area contributed by atoms with Crippen LogP contribution in [-0.2, 0) is 11.4 Å². The van der Waals surface area contributed by atoms with Crippen molar-refractivity contribution in [2.24, 2.45) is 10.3 Å². The van der Waals surface area contributed by atoms with Crippen LogP contribution >= 0.6 is 0 Å². The van der Waals surface area contributed by atoms with Crippen LogP contribution < -0.4 is 0 Å². The molecule has 0 aliphatic heterocycles. The van der Waals surface area contributed by atoms with Gasteiger partial charge in [-0.1, -0.05) is 31.6 Å². The molecular weight excluding hydrogens is 170 g/mol. The van der Waals surface area contributed by atoms with Gasteiger partial charge in [0, 0.05) is 0 Å². The van der Waals surface area contributed by atoms with E-state index >= 15 is 0 Å². The van der Waals surface area contributed by atoms with Crippen molar-refractivity contribution in [3.8, 4) is 0 Å². The van der Waals surface area contributed by atoms with Gasteiger partial charge in [-0.25, -0.2) is 0 Å². The van der Waals surface area contributed by atoms with Gasteiger partial charge < -0.3 is 4.55 Å². The van der Waals surface area contributed by atoms with Gasteiger partial charge in [0.05, 0.1) is 17.6 Å². The lowest BCUT2D eigenvalue weighted by molar-refractivity contribution is 0.593. The fraction of sp³-hybridized carbons (Fsp3) is 0.889. The van der Waals surface area contributed by atoms with Gasteiger partial charge in [0.15, 0.2) is 0 Å². The number of unbranched alkanes of at least 4 members (excludes halogenated alkanes) is 1. The van der Waals surface area contributed by atoms with Crippen molar-refractivity contribution >= 4 is 17.6 Å². The Hall–Kier alpha value is -0.0200. The summed E-state index contributed by atoms with van der Waals surface area (Å²) in [5.74, 6) is 1.32. The molecule has 0 radical (unpaired) electrons. The van der Waals surface area contributed by atoms with Gasteiger partial charge in [0.2, 0.25) is 0 Å². The van der Waals surface area contributed by atoms with E-state index in [-0.39, 0.29) is 0 Å². The third-order valence-electron chi connectivity index (χ3n) is 1.44. The Labute approximate surface area is 78.8 Å². The second-order valence-corrected chi connectivity index (χ2v) is 4.56. The van der Waals surface area contributed by atoms with Gasteiger partial charge in [-0.15, -0.1) is 0 Å². The summed E-state index contributed by atoms with van der Waals surface area (Å²) in [7, 11) is 0. The molecule has 0 amide bonds. The van der Waals surface area contributed by atoms with Gasteiger partial charge in [-0.05, 0) is 18.8 Å². The first-order valence-electron chi connectivity index (χ1n) is 4.57. The van der Waals surface area contributed by atoms with Crippen LogP contribution in [0.3, 0.4) is 0 Å². The number of hydrogen-bond acceptors (Lipinski definition) is 2. The third kappa shape index (κ3) is 8.08. The maximum absolute atomic E-state index is 11.1. The molecular formula is C9H19NOS. The molecule has 0 aromatic rings. The van der Waals surface area contributed by atoms with Crippen LogP contribution in [0.2, 0.25) is 0 Å². The lowest BCUT2D eigenvalue weighted by Gasteiger charge is -2.01. The molecule has 0 aromatic carbocycles. The minimum atomic E-state index is -0.967. The molecule has 0 bridgehead atoms. The van der Waals surface area contributed by atoms with Crippen molar-refractivity contribution < 1.29 is 4.55 Å². The van der Waals surface area contributed by atoms with Crippen LogP contribution in [0, 0.1) is 5.92 Å². The molecule has 0 heterocycles. The molecule has 0 N–H and O–H groups in total. The Morgan fingerprint density at radius 2 is 2.17 bits per heavy atom. The number of hydrogen-bond donors (Lipinski definition) is 0. The van der Waals surface area contributed by atoms with Gasteiger partial charge in [-0.2, -0.15) is 0 Å². The van der Waals surface area contributed by atoms with Crippen molar-refractivity contribution in [3.05, 3.63) is 0 Å². The Bertz CT molecular complexity index is 126. The van der Waals surface area contributed by atoms with Crippen LogP contribution in [0.15, 0.2) is 4.40 Å². The zero-order chi connectivity index (χ0) is 9.40. The molecule has 1 atom stereocenters. The molecule has 3 heteroatoms. The monoisotopic (exact) mass is 189 g/mol. The molecule has 0 aromatic heterocycles.